The van der Waals surface area contributed by atoms with Crippen molar-refractivity contribution >= 4 is 7.51 Å². The van der Waals surface area contributed by atoms with Gasteiger partial charge in [-0.1, -0.05) is 36.5 Å². The highest BCUT2D eigenvalue weighted by Crippen LogP contribution is 2.63. The van der Waals surface area contributed by atoms with Gasteiger partial charge >= 0.3 is 0 Å². The lowest BCUT2D eigenvalue weighted by atomic mass is 9.85. The SMILES string of the molecule is C=CCN=P(N(C)C)(N(C)C)N(C(CC=C)CC=C)C(CC=C)(CC=C)CC=C. The molecule has 0 rings (SSSR count). The molecule has 0 aliphatic heterocycles. The Morgan fingerprint density at radius 3 is 1.41 bits per heavy atom. The first-order chi connectivity index (χ1) is 13.8. The molecule has 0 bridgehead atoms. The Labute approximate surface area is 180 Å². The van der Waals surface area contributed by atoms with Gasteiger partial charge in [0.15, 0.2) is 7.51 Å². The van der Waals surface area contributed by atoms with E-state index in [1.54, 1.807) is 0 Å². The Morgan fingerprint density at radius 2 is 1.14 bits per heavy atom. The van der Waals surface area contributed by atoms with E-state index in [0.29, 0.717) is 6.54 Å². The molecule has 29 heavy (non-hydrogen) atoms. The maximum absolute atomic E-state index is 5.27. The second-order valence-electron chi connectivity index (χ2n) is 7.59. The van der Waals surface area contributed by atoms with E-state index in [4.69, 9.17) is 4.74 Å². The van der Waals surface area contributed by atoms with Crippen LogP contribution in [0, 0.1) is 0 Å². The zero-order chi connectivity index (χ0) is 22.5. The third-order valence-corrected chi connectivity index (χ3v) is 9.06. The molecule has 0 aliphatic carbocycles. The standard InChI is InChI=1S/C24H43N4P/c1-11-17-23(18-12-2)28(24(19-13-3,20-14-4)21-15-5)29(26(7)8,27(9)10)25-22-16-6/h11-16,23H,1-6,17-22H2,7-10H3. The summed E-state index contributed by atoms with van der Waals surface area (Å²) in [6.07, 6.45) is 16.0. The molecule has 5 heteroatoms. The molecule has 0 N–H and O–H groups in total. The van der Waals surface area contributed by atoms with Gasteiger partial charge in [0.2, 0.25) is 0 Å². The Balaban J connectivity index is 7.34. The van der Waals surface area contributed by atoms with Crippen molar-refractivity contribution in [2.45, 2.75) is 43.7 Å². The molecule has 0 amide bonds. The zero-order valence-electron chi connectivity index (χ0n) is 19.3. The van der Waals surface area contributed by atoms with Crippen LogP contribution in [0.2, 0.25) is 0 Å². The number of hydrogen-bond acceptors (Lipinski definition) is 1. The number of nitrogens with zero attached hydrogens (tertiary/aromatic N) is 4. The van der Waals surface area contributed by atoms with Crippen LogP contribution in [0.15, 0.2) is 80.7 Å². The maximum atomic E-state index is 5.27. The van der Waals surface area contributed by atoms with Crippen LogP contribution in [0.4, 0.5) is 0 Å². The number of rotatable bonds is 17. The average Bonchev–Trinajstić information content (AvgIpc) is 2.65. The minimum absolute atomic E-state index is 0.191. The first kappa shape index (κ1) is 27.5. The van der Waals surface area contributed by atoms with Crippen molar-refractivity contribution < 1.29 is 0 Å². The van der Waals surface area contributed by atoms with Crippen LogP contribution < -0.4 is 0 Å². The van der Waals surface area contributed by atoms with Crippen LogP contribution in [0.3, 0.4) is 0 Å². The second-order valence-corrected chi connectivity index (χ2v) is 11.0. The van der Waals surface area contributed by atoms with E-state index < -0.39 is 7.51 Å². The first-order valence-corrected chi connectivity index (χ1v) is 11.8. The Hall–Kier alpha value is -1.45. The third kappa shape index (κ3) is 6.52. The van der Waals surface area contributed by atoms with Crippen LogP contribution in [0.25, 0.3) is 0 Å². The second kappa shape index (κ2) is 13.7. The Kier molecular flexibility index (Phi) is 13.0. The van der Waals surface area contributed by atoms with Crippen molar-refractivity contribution in [3.8, 4) is 0 Å². The molecular formula is C24H43N4P. The van der Waals surface area contributed by atoms with Crippen LogP contribution >= 0.6 is 7.51 Å². The molecule has 0 unspecified atom stereocenters. The van der Waals surface area contributed by atoms with E-state index in [-0.39, 0.29) is 11.6 Å². The van der Waals surface area contributed by atoms with Gasteiger partial charge in [-0.3, -0.25) is 14.1 Å². The van der Waals surface area contributed by atoms with E-state index in [2.05, 4.69) is 81.7 Å². The predicted molar refractivity (Wildman–Crippen MR) is 134 cm³/mol. The minimum Gasteiger partial charge on any atom is -0.256 e. The molecule has 0 aromatic rings. The van der Waals surface area contributed by atoms with Gasteiger partial charge in [-0.25, -0.2) is 4.67 Å². The molecule has 164 valence electrons. The Bertz CT molecular complexity index is 570. The lowest BCUT2D eigenvalue weighted by Crippen LogP contribution is -2.54. The number of hydrogen-bond donors (Lipinski definition) is 0. The molecule has 0 atom stereocenters. The largest absolute Gasteiger partial charge is 0.256 e. The molecule has 0 aromatic carbocycles. The van der Waals surface area contributed by atoms with Crippen molar-refractivity contribution in [2.75, 3.05) is 34.7 Å². The first-order valence-electron chi connectivity index (χ1n) is 10.2. The van der Waals surface area contributed by atoms with Gasteiger partial charge in [0.25, 0.3) is 0 Å². The van der Waals surface area contributed by atoms with Gasteiger partial charge in [-0.15, -0.1) is 39.5 Å². The highest BCUT2D eigenvalue weighted by atomic mass is 31.2. The van der Waals surface area contributed by atoms with Crippen LogP contribution in [-0.2, 0) is 0 Å². The molecule has 0 heterocycles. The van der Waals surface area contributed by atoms with E-state index in [0.717, 1.165) is 32.1 Å². The molecular weight excluding hydrogens is 375 g/mol. The fourth-order valence-electron chi connectivity index (χ4n) is 4.14. The summed E-state index contributed by atoms with van der Waals surface area (Å²) >= 11 is 0. The highest BCUT2D eigenvalue weighted by Gasteiger charge is 2.48. The predicted octanol–water partition coefficient (Wildman–Crippen LogP) is 6.53. The minimum atomic E-state index is -2.28. The Morgan fingerprint density at radius 1 is 0.724 bits per heavy atom. The van der Waals surface area contributed by atoms with Crippen LogP contribution in [0.5, 0.6) is 0 Å². The third-order valence-electron chi connectivity index (χ3n) is 5.05. The molecule has 0 aromatic heterocycles. The summed E-state index contributed by atoms with van der Waals surface area (Å²) in [5.41, 5.74) is -0.241. The summed E-state index contributed by atoms with van der Waals surface area (Å²) in [5, 5.41) is 0. The summed E-state index contributed by atoms with van der Waals surface area (Å²) in [6, 6.07) is 0.191. The van der Waals surface area contributed by atoms with Crippen molar-refractivity contribution in [2.24, 2.45) is 4.74 Å². The monoisotopic (exact) mass is 418 g/mol. The van der Waals surface area contributed by atoms with Crippen molar-refractivity contribution in [3.05, 3.63) is 75.9 Å². The van der Waals surface area contributed by atoms with E-state index >= 15 is 0 Å². The summed E-state index contributed by atoms with van der Waals surface area (Å²) < 4.78 is 12.4. The van der Waals surface area contributed by atoms with Gasteiger partial charge in [0, 0.05) is 11.6 Å². The van der Waals surface area contributed by atoms with Crippen molar-refractivity contribution in [1.82, 2.24) is 14.0 Å². The van der Waals surface area contributed by atoms with Gasteiger partial charge < -0.3 is 0 Å². The maximum Gasteiger partial charge on any atom is 0.167 e. The smallest absolute Gasteiger partial charge is 0.167 e. The van der Waals surface area contributed by atoms with Crippen molar-refractivity contribution in [3.63, 3.8) is 0 Å². The van der Waals surface area contributed by atoms with Gasteiger partial charge in [0.1, 0.15) is 0 Å². The topological polar surface area (TPSA) is 22.1 Å². The van der Waals surface area contributed by atoms with Gasteiger partial charge in [0.05, 0.1) is 6.54 Å². The van der Waals surface area contributed by atoms with Crippen molar-refractivity contribution in [1.29, 1.82) is 0 Å². The van der Waals surface area contributed by atoms with E-state index in [1.807, 2.05) is 36.5 Å². The normalized spacial score (nSPS) is 12.3. The zero-order valence-corrected chi connectivity index (χ0v) is 20.2. The summed E-state index contributed by atoms with van der Waals surface area (Å²) in [6.45, 7) is 24.8. The van der Waals surface area contributed by atoms with Gasteiger partial charge in [-0.2, -0.15) is 0 Å². The average molecular weight is 419 g/mol. The molecule has 0 fully saturated rings. The lowest BCUT2D eigenvalue weighted by Gasteiger charge is -2.56. The van der Waals surface area contributed by atoms with Gasteiger partial charge in [-0.05, 0) is 60.3 Å². The summed E-state index contributed by atoms with van der Waals surface area (Å²) in [7, 11) is 6.19. The lowest BCUT2D eigenvalue weighted by molar-refractivity contribution is 0.131. The molecule has 4 nitrogen and oxygen atoms in total. The molecule has 0 saturated carbocycles. The molecule has 0 saturated heterocycles. The van der Waals surface area contributed by atoms with Crippen LogP contribution in [-0.4, -0.2) is 60.3 Å². The molecule has 0 radical (unpaired) electrons. The van der Waals surface area contributed by atoms with E-state index in [9.17, 15) is 0 Å². The molecule has 0 aliphatic rings. The van der Waals surface area contributed by atoms with Crippen LogP contribution in [0.1, 0.15) is 32.1 Å². The molecule has 0 spiro atoms. The fraction of sp³-hybridized carbons (Fsp3) is 0.500. The highest BCUT2D eigenvalue weighted by molar-refractivity contribution is 7.59. The quantitative estimate of drug-likeness (QED) is 0.198. The fourth-order valence-corrected chi connectivity index (χ4v) is 8.04. The van der Waals surface area contributed by atoms with E-state index in [1.165, 1.54) is 0 Å². The summed E-state index contributed by atoms with van der Waals surface area (Å²) in [4.78, 5) is 0. The summed E-state index contributed by atoms with van der Waals surface area (Å²) in [5.74, 6) is 0.